The lowest BCUT2D eigenvalue weighted by atomic mass is 9.98. The number of ether oxygens (including phenoxy) is 2. The Hall–Kier alpha value is -2.74. The fourth-order valence-electron chi connectivity index (χ4n) is 2.29. The van der Waals surface area contributed by atoms with Gasteiger partial charge in [0.2, 0.25) is 0 Å². The molecule has 144 valence electrons. The molecule has 0 saturated carbocycles. The number of esters is 2. The number of hydrogen-bond acceptors (Lipinski definition) is 7. The van der Waals surface area contributed by atoms with E-state index in [0.29, 0.717) is 10.6 Å². The van der Waals surface area contributed by atoms with Crippen LogP contribution < -0.4 is 5.32 Å². The van der Waals surface area contributed by atoms with Crippen molar-refractivity contribution >= 4 is 34.9 Å². The zero-order valence-electron chi connectivity index (χ0n) is 16.1. The molecule has 0 fully saturated rings. The van der Waals surface area contributed by atoms with Gasteiger partial charge in [0.1, 0.15) is 4.88 Å². The molecule has 1 amide bonds. The number of thiazole rings is 1. The molecule has 2 aromatic rings. The molecular formula is C19H22N2O5S. The van der Waals surface area contributed by atoms with E-state index >= 15 is 0 Å². The molecule has 0 saturated heterocycles. The van der Waals surface area contributed by atoms with Gasteiger partial charge in [-0.3, -0.25) is 4.79 Å². The third-order valence-corrected chi connectivity index (χ3v) is 5.26. The first-order valence-electron chi connectivity index (χ1n) is 8.17. The van der Waals surface area contributed by atoms with Gasteiger partial charge >= 0.3 is 11.9 Å². The number of aromatic nitrogens is 1. The molecule has 2 rings (SSSR count). The van der Waals surface area contributed by atoms with Crippen LogP contribution in [0.25, 0.3) is 0 Å². The van der Waals surface area contributed by atoms with Crippen LogP contribution in [0.4, 0.5) is 5.69 Å². The zero-order valence-corrected chi connectivity index (χ0v) is 16.9. The molecule has 1 aromatic carbocycles. The van der Waals surface area contributed by atoms with E-state index in [0.717, 1.165) is 5.01 Å². The highest BCUT2D eigenvalue weighted by Crippen LogP contribution is 2.30. The Bertz CT molecular complexity index is 862. The summed E-state index contributed by atoms with van der Waals surface area (Å²) in [7, 11) is 2.47. The summed E-state index contributed by atoms with van der Waals surface area (Å²) in [6.45, 7) is 7.84. The molecule has 0 aliphatic carbocycles. The number of carbonyl (C=O) groups excluding carboxylic acids is 3. The minimum Gasteiger partial charge on any atom is -0.465 e. The minimum absolute atomic E-state index is 0.132. The van der Waals surface area contributed by atoms with Crippen LogP contribution in [0.15, 0.2) is 18.2 Å². The highest BCUT2D eigenvalue weighted by Gasteiger charge is 2.23. The summed E-state index contributed by atoms with van der Waals surface area (Å²) in [5, 5.41) is 3.57. The van der Waals surface area contributed by atoms with E-state index in [2.05, 4.69) is 10.3 Å². The summed E-state index contributed by atoms with van der Waals surface area (Å²) in [6, 6.07) is 4.23. The second kappa shape index (κ2) is 7.87. The SMILES string of the molecule is COC(=O)c1cc(NC(=O)c2sc(C(C)(C)C)nc2C)cc(C(=O)OC)c1. The van der Waals surface area contributed by atoms with Gasteiger partial charge in [-0.25, -0.2) is 14.6 Å². The molecule has 0 spiro atoms. The molecule has 8 heteroatoms. The lowest BCUT2D eigenvalue weighted by molar-refractivity contribution is 0.0599. The smallest absolute Gasteiger partial charge is 0.337 e. The number of carbonyl (C=O) groups is 3. The molecule has 1 heterocycles. The average Bonchev–Trinajstić information content (AvgIpc) is 3.02. The predicted molar refractivity (Wildman–Crippen MR) is 103 cm³/mol. The van der Waals surface area contributed by atoms with Crippen LogP contribution in [-0.4, -0.2) is 37.0 Å². The summed E-state index contributed by atoms with van der Waals surface area (Å²) in [6.07, 6.45) is 0. The van der Waals surface area contributed by atoms with Crippen LogP contribution in [0.1, 0.15) is 61.9 Å². The van der Waals surface area contributed by atoms with Crippen LogP contribution in [0.5, 0.6) is 0 Å². The maximum absolute atomic E-state index is 12.7. The normalized spacial score (nSPS) is 11.0. The van der Waals surface area contributed by atoms with Crippen LogP contribution in [0.3, 0.4) is 0 Å². The number of amides is 1. The average molecular weight is 390 g/mol. The van der Waals surface area contributed by atoms with Gasteiger partial charge in [0.15, 0.2) is 0 Å². The van der Waals surface area contributed by atoms with Crippen LogP contribution >= 0.6 is 11.3 Å². The van der Waals surface area contributed by atoms with Crippen molar-refractivity contribution in [2.75, 3.05) is 19.5 Å². The predicted octanol–water partition coefficient (Wildman–Crippen LogP) is 3.57. The van der Waals surface area contributed by atoms with E-state index in [1.807, 2.05) is 20.8 Å². The van der Waals surface area contributed by atoms with Gasteiger partial charge in [-0.15, -0.1) is 11.3 Å². The fourth-order valence-corrected chi connectivity index (χ4v) is 3.31. The van der Waals surface area contributed by atoms with Gasteiger partial charge in [-0.05, 0) is 25.1 Å². The van der Waals surface area contributed by atoms with Gasteiger partial charge in [0.05, 0.1) is 36.0 Å². The summed E-state index contributed by atoms with van der Waals surface area (Å²) in [5.74, 6) is -1.61. The molecule has 0 aliphatic heterocycles. The second-order valence-electron chi connectivity index (χ2n) is 6.92. The molecular weight excluding hydrogens is 368 g/mol. The first kappa shape index (κ1) is 20.6. The largest absolute Gasteiger partial charge is 0.465 e. The molecule has 1 aromatic heterocycles. The van der Waals surface area contributed by atoms with E-state index in [-0.39, 0.29) is 28.1 Å². The maximum Gasteiger partial charge on any atom is 0.337 e. The van der Waals surface area contributed by atoms with Crippen molar-refractivity contribution in [2.45, 2.75) is 33.1 Å². The fraction of sp³-hybridized carbons (Fsp3) is 0.368. The molecule has 7 nitrogen and oxygen atoms in total. The Kier molecular flexibility index (Phi) is 6.00. The van der Waals surface area contributed by atoms with Crippen LogP contribution in [0, 0.1) is 6.92 Å². The third kappa shape index (κ3) is 4.71. The highest BCUT2D eigenvalue weighted by molar-refractivity contribution is 7.14. The van der Waals surface area contributed by atoms with Crippen molar-refractivity contribution in [3.05, 3.63) is 44.9 Å². The Morgan fingerprint density at radius 1 is 1.00 bits per heavy atom. The molecule has 0 atom stereocenters. The zero-order chi connectivity index (χ0) is 20.4. The molecule has 0 aliphatic rings. The highest BCUT2D eigenvalue weighted by atomic mass is 32.1. The number of anilines is 1. The topological polar surface area (TPSA) is 94.6 Å². The number of rotatable bonds is 4. The van der Waals surface area contributed by atoms with Gasteiger partial charge < -0.3 is 14.8 Å². The van der Waals surface area contributed by atoms with E-state index in [1.165, 1.54) is 43.8 Å². The summed E-state index contributed by atoms with van der Waals surface area (Å²) in [4.78, 5) is 41.4. The van der Waals surface area contributed by atoms with Crippen LogP contribution in [-0.2, 0) is 14.9 Å². The summed E-state index contributed by atoms with van der Waals surface area (Å²) in [5.41, 5.74) is 1.00. The van der Waals surface area contributed by atoms with Crippen molar-refractivity contribution < 1.29 is 23.9 Å². The number of methoxy groups -OCH3 is 2. The van der Waals surface area contributed by atoms with Crippen molar-refractivity contribution in [3.8, 4) is 0 Å². The summed E-state index contributed by atoms with van der Waals surface area (Å²) >= 11 is 1.32. The van der Waals surface area contributed by atoms with E-state index < -0.39 is 11.9 Å². The molecule has 0 unspecified atom stereocenters. The minimum atomic E-state index is -0.625. The maximum atomic E-state index is 12.7. The second-order valence-corrected chi connectivity index (χ2v) is 7.92. The first-order chi connectivity index (χ1) is 12.6. The number of benzene rings is 1. The molecule has 27 heavy (non-hydrogen) atoms. The lowest BCUT2D eigenvalue weighted by Gasteiger charge is -2.13. The molecule has 0 radical (unpaired) electrons. The van der Waals surface area contributed by atoms with Gasteiger partial charge in [-0.1, -0.05) is 20.8 Å². The Labute approximate surface area is 161 Å². The number of nitrogens with one attached hydrogen (secondary N) is 1. The van der Waals surface area contributed by atoms with Gasteiger partial charge in [0, 0.05) is 11.1 Å². The van der Waals surface area contributed by atoms with Gasteiger partial charge in [0.25, 0.3) is 5.91 Å². The monoisotopic (exact) mass is 390 g/mol. The van der Waals surface area contributed by atoms with E-state index in [1.54, 1.807) is 6.92 Å². The Morgan fingerprint density at radius 3 is 1.93 bits per heavy atom. The Balaban J connectivity index is 2.38. The third-order valence-electron chi connectivity index (χ3n) is 3.68. The van der Waals surface area contributed by atoms with Crippen LogP contribution in [0.2, 0.25) is 0 Å². The molecule has 0 bridgehead atoms. The summed E-state index contributed by atoms with van der Waals surface area (Å²) < 4.78 is 9.39. The van der Waals surface area contributed by atoms with E-state index in [9.17, 15) is 14.4 Å². The van der Waals surface area contributed by atoms with Crippen molar-refractivity contribution in [1.29, 1.82) is 0 Å². The van der Waals surface area contributed by atoms with Crippen molar-refractivity contribution in [2.24, 2.45) is 0 Å². The lowest BCUT2D eigenvalue weighted by Crippen LogP contribution is -2.14. The van der Waals surface area contributed by atoms with E-state index in [4.69, 9.17) is 9.47 Å². The Morgan fingerprint density at radius 2 is 1.52 bits per heavy atom. The molecule has 1 N–H and O–H groups in total. The number of nitrogens with zero attached hydrogens (tertiary/aromatic N) is 1. The van der Waals surface area contributed by atoms with Crippen molar-refractivity contribution in [3.63, 3.8) is 0 Å². The number of hydrogen-bond donors (Lipinski definition) is 1. The number of aryl methyl sites for hydroxylation is 1. The standard InChI is InChI=1S/C19H22N2O5S/c1-10-14(27-18(20-10)19(2,3)4)15(22)21-13-8-11(16(23)25-5)7-12(9-13)17(24)26-6/h7-9H,1-6H3,(H,21,22). The van der Waals surface area contributed by atoms with Gasteiger partial charge in [-0.2, -0.15) is 0 Å². The van der Waals surface area contributed by atoms with Crippen molar-refractivity contribution in [1.82, 2.24) is 4.98 Å². The quantitative estimate of drug-likeness (QED) is 0.802. The first-order valence-corrected chi connectivity index (χ1v) is 8.99.